The number of hydrogen-bond acceptors (Lipinski definition) is 0. The summed E-state index contributed by atoms with van der Waals surface area (Å²) >= 11 is 5.86. The Bertz CT molecular complexity index is 429. The third-order valence-corrected chi connectivity index (χ3v) is 2.51. The first-order valence-corrected chi connectivity index (χ1v) is 4.30. The third-order valence-electron chi connectivity index (χ3n) is 2.27. The van der Waals surface area contributed by atoms with Crippen LogP contribution in [0.4, 0.5) is 0 Å². The van der Waals surface area contributed by atoms with Gasteiger partial charge in [0.15, 0.2) is 0 Å². The zero-order chi connectivity index (χ0) is 8.72. The van der Waals surface area contributed by atoms with Crippen molar-refractivity contribution < 1.29 is 0 Å². The van der Waals surface area contributed by atoms with Crippen molar-refractivity contribution in [3.8, 4) is 0 Å². The van der Waals surface area contributed by atoms with Gasteiger partial charge in [-0.15, -0.1) is 0 Å². The Balaban J connectivity index is 2.87. The quantitative estimate of drug-likeness (QED) is 0.638. The van der Waals surface area contributed by atoms with Crippen LogP contribution in [0.15, 0.2) is 18.2 Å². The molecule has 2 aromatic rings. The van der Waals surface area contributed by atoms with Gasteiger partial charge in [0, 0.05) is 21.6 Å². The van der Waals surface area contributed by atoms with Gasteiger partial charge in [-0.05, 0) is 31.5 Å². The molecule has 1 N–H and O–H groups in total. The summed E-state index contributed by atoms with van der Waals surface area (Å²) in [5, 5.41) is 2.04. The minimum atomic E-state index is 0.781. The average molecular weight is 180 g/mol. The van der Waals surface area contributed by atoms with Crippen molar-refractivity contribution in [2.45, 2.75) is 13.8 Å². The molecule has 0 spiro atoms. The number of aromatic amines is 1. The van der Waals surface area contributed by atoms with Gasteiger partial charge in [0.1, 0.15) is 0 Å². The average Bonchev–Trinajstić information content (AvgIpc) is 2.28. The first kappa shape index (κ1) is 7.69. The molecule has 12 heavy (non-hydrogen) atoms. The van der Waals surface area contributed by atoms with Crippen molar-refractivity contribution >= 4 is 22.5 Å². The van der Waals surface area contributed by atoms with E-state index in [0.29, 0.717) is 0 Å². The van der Waals surface area contributed by atoms with E-state index in [1.54, 1.807) is 0 Å². The maximum Gasteiger partial charge on any atom is 0.0473 e. The van der Waals surface area contributed by atoms with E-state index in [4.69, 9.17) is 11.6 Å². The first-order valence-electron chi connectivity index (χ1n) is 3.93. The van der Waals surface area contributed by atoms with E-state index in [0.717, 1.165) is 10.5 Å². The van der Waals surface area contributed by atoms with Crippen molar-refractivity contribution in [2.24, 2.45) is 0 Å². The lowest BCUT2D eigenvalue weighted by Gasteiger charge is -1.91. The summed E-state index contributed by atoms with van der Waals surface area (Å²) in [6.45, 7) is 4.19. The Labute approximate surface area is 76.4 Å². The van der Waals surface area contributed by atoms with E-state index in [1.165, 1.54) is 16.6 Å². The fraction of sp³-hybridized carbons (Fsp3) is 0.200. The number of nitrogens with one attached hydrogen (secondary N) is 1. The van der Waals surface area contributed by atoms with Crippen LogP contribution in [0.25, 0.3) is 10.9 Å². The predicted molar refractivity (Wildman–Crippen MR) is 52.8 cm³/mol. The van der Waals surface area contributed by atoms with Gasteiger partial charge in [0.05, 0.1) is 0 Å². The third kappa shape index (κ3) is 1.01. The molecule has 62 valence electrons. The van der Waals surface area contributed by atoms with Gasteiger partial charge < -0.3 is 4.98 Å². The molecule has 0 unspecified atom stereocenters. The van der Waals surface area contributed by atoms with Crippen LogP contribution in [-0.2, 0) is 0 Å². The Morgan fingerprint density at radius 2 is 2.00 bits per heavy atom. The maximum absolute atomic E-state index is 5.86. The number of rotatable bonds is 0. The summed E-state index contributed by atoms with van der Waals surface area (Å²) in [7, 11) is 0. The molecule has 0 aliphatic rings. The molecule has 0 bridgehead atoms. The highest BCUT2D eigenvalue weighted by Crippen LogP contribution is 2.23. The second-order valence-corrected chi connectivity index (χ2v) is 3.50. The van der Waals surface area contributed by atoms with Crippen LogP contribution >= 0.6 is 11.6 Å². The number of hydrogen-bond donors (Lipinski definition) is 1. The summed E-state index contributed by atoms with van der Waals surface area (Å²) in [5.41, 5.74) is 3.64. The van der Waals surface area contributed by atoms with Crippen LogP contribution in [0, 0.1) is 13.8 Å². The minimum Gasteiger partial charge on any atom is -0.358 e. The molecule has 0 radical (unpaired) electrons. The van der Waals surface area contributed by atoms with Crippen molar-refractivity contribution in [1.82, 2.24) is 4.98 Å². The van der Waals surface area contributed by atoms with Gasteiger partial charge in [-0.3, -0.25) is 0 Å². The van der Waals surface area contributed by atoms with E-state index >= 15 is 0 Å². The Kier molecular flexibility index (Phi) is 1.62. The Hall–Kier alpha value is -0.950. The number of aryl methyl sites for hydroxylation is 2. The molecular formula is C10H10ClN. The Morgan fingerprint density at radius 1 is 1.25 bits per heavy atom. The molecule has 1 aromatic carbocycles. The number of fused-ring (bicyclic) bond motifs is 1. The van der Waals surface area contributed by atoms with Crippen molar-refractivity contribution in [2.75, 3.05) is 0 Å². The van der Waals surface area contributed by atoms with Crippen LogP contribution in [0.3, 0.4) is 0 Å². The molecule has 2 rings (SSSR count). The van der Waals surface area contributed by atoms with Gasteiger partial charge in [0.25, 0.3) is 0 Å². The summed E-state index contributed by atoms with van der Waals surface area (Å²) < 4.78 is 0. The smallest absolute Gasteiger partial charge is 0.0473 e. The van der Waals surface area contributed by atoms with Gasteiger partial charge in [-0.25, -0.2) is 0 Å². The number of H-pyrrole nitrogens is 1. The Morgan fingerprint density at radius 3 is 2.75 bits per heavy atom. The van der Waals surface area contributed by atoms with Crippen LogP contribution < -0.4 is 0 Å². The first-order chi connectivity index (χ1) is 5.68. The fourth-order valence-electron chi connectivity index (χ4n) is 1.44. The second-order valence-electron chi connectivity index (χ2n) is 3.06. The topological polar surface area (TPSA) is 15.8 Å². The molecule has 2 heteroatoms. The van der Waals surface area contributed by atoms with E-state index in [9.17, 15) is 0 Å². The molecule has 0 fully saturated rings. The van der Waals surface area contributed by atoms with E-state index in [1.807, 2.05) is 12.1 Å². The largest absolute Gasteiger partial charge is 0.358 e. The van der Waals surface area contributed by atoms with Crippen LogP contribution in [0.5, 0.6) is 0 Å². The molecule has 1 aromatic heterocycles. The molecule has 1 heterocycles. The van der Waals surface area contributed by atoms with Crippen molar-refractivity contribution in [3.05, 3.63) is 34.5 Å². The summed E-state index contributed by atoms with van der Waals surface area (Å²) in [6, 6.07) is 5.93. The van der Waals surface area contributed by atoms with Crippen LogP contribution in [-0.4, -0.2) is 4.98 Å². The van der Waals surface area contributed by atoms with Gasteiger partial charge in [0.2, 0.25) is 0 Å². The van der Waals surface area contributed by atoms with E-state index in [-0.39, 0.29) is 0 Å². The molecule has 1 nitrogen and oxygen atoms in total. The molecule has 0 aliphatic carbocycles. The lowest BCUT2D eigenvalue weighted by atomic mass is 10.2. The minimum absolute atomic E-state index is 0.781. The van der Waals surface area contributed by atoms with Crippen molar-refractivity contribution in [1.29, 1.82) is 0 Å². The van der Waals surface area contributed by atoms with Crippen molar-refractivity contribution in [3.63, 3.8) is 0 Å². The standard InChI is InChI=1S/C10H10ClN/c1-6-7(2)12-10-5-8(11)3-4-9(6)10/h3-5,12H,1-2H3. The maximum atomic E-state index is 5.86. The van der Waals surface area contributed by atoms with Crippen LogP contribution in [0.2, 0.25) is 5.02 Å². The lowest BCUT2D eigenvalue weighted by Crippen LogP contribution is -1.70. The summed E-state index contributed by atoms with van der Waals surface area (Å²) in [6.07, 6.45) is 0. The van der Waals surface area contributed by atoms with Gasteiger partial charge in [-0.2, -0.15) is 0 Å². The number of aromatic nitrogens is 1. The number of halogens is 1. The zero-order valence-electron chi connectivity index (χ0n) is 7.11. The zero-order valence-corrected chi connectivity index (χ0v) is 7.87. The summed E-state index contributed by atoms with van der Waals surface area (Å²) in [4.78, 5) is 3.28. The monoisotopic (exact) mass is 179 g/mol. The van der Waals surface area contributed by atoms with Gasteiger partial charge in [-0.1, -0.05) is 17.7 Å². The highest BCUT2D eigenvalue weighted by Gasteiger charge is 2.02. The predicted octanol–water partition coefficient (Wildman–Crippen LogP) is 3.44. The normalized spacial score (nSPS) is 10.9. The number of benzene rings is 1. The fourth-order valence-corrected chi connectivity index (χ4v) is 1.62. The lowest BCUT2D eigenvalue weighted by molar-refractivity contribution is 1.25. The molecule has 0 atom stereocenters. The second kappa shape index (κ2) is 2.53. The highest BCUT2D eigenvalue weighted by molar-refractivity contribution is 6.31. The van der Waals surface area contributed by atoms with Crippen LogP contribution in [0.1, 0.15) is 11.3 Å². The summed E-state index contributed by atoms with van der Waals surface area (Å²) in [5.74, 6) is 0. The van der Waals surface area contributed by atoms with E-state index in [2.05, 4.69) is 24.9 Å². The van der Waals surface area contributed by atoms with Gasteiger partial charge >= 0.3 is 0 Å². The highest BCUT2D eigenvalue weighted by atomic mass is 35.5. The van der Waals surface area contributed by atoms with E-state index < -0.39 is 0 Å². The molecule has 0 saturated carbocycles. The molecule has 0 amide bonds. The molecule has 0 aliphatic heterocycles. The molecule has 0 saturated heterocycles. The molecular weight excluding hydrogens is 170 g/mol. The SMILES string of the molecule is Cc1[nH]c2cc(Cl)ccc2c1C.